The predicted molar refractivity (Wildman–Crippen MR) is 69.8 cm³/mol. The maximum Gasteiger partial charge on any atom is 0.154 e. The highest BCUT2D eigenvalue weighted by atomic mass is 127. The summed E-state index contributed by atoms with van der Waals surface area (Å²) in [5, 5.41) is 0. The highest BCUT2D eigenvalue weighted by Gasteiger charge is 2.11. The summed E-state index contributed by atoms with van der Waals surface area (Å²) >= 11 is 9.45. The molecule has 0 N–H and O–H groups in total. The van der Waals surface area contributed by atoms with Crippen LogP contribution in [-0.2, 0) is 5.88 Å². The van der Waals surface area contributed by atoms with Gasteiger partial charge in [0.15, 0.2) is 3.01 Å². The first-order chi connectivity index (χ1) is 7.20. The van der Waals surface area contributed by atoms with Gasteiger partial charge in [0.2, 0.25) is 0 Å². The van der Waals surface area contributed by atoms with E-state index in [2.05, 4.69) is 27.6 Å². The summed E-state index contributed by atoms with van der Waals surface area (Å²) in [6.07, 6.45) is 0. The topological polar surface area (TPSA) is 12.9 Å². The zero-order valence-electron chi connectivity index (χ0n) is 7.51. The predicted octanol–water partition coefficient (Wildman–Crippen LogP) is 4.29. The van der Waals surface area contributed by atoms with Gasteiger partial charge in [0.1, 0.15) is 5.82 Å². The van der Waals surface area contributed by atoms with Gasteiger partial charge >= 0.3 is 0 Å². The summed E-state index contributed by atoms with van der Waals surface area (Å²) < 4.78 is 14.0. The number of nitrogens with zero attached hydrogens (tertiary/aromatic N) is 1. The Balaban J connectivity index is 2.53. The molecule has 0 aliphatic rings. The molecular formula is C10H6ClFINS. The SMILES string of the molecule is Fc1cccc(-c2sc(I)nc2CCl)c1. The molecular weight excluding hydrogens is 348 g/mol. The molecule has 15 heavy (non-hydrogen) atoms. The molecule has 5 heteroatoms. The highest BCUT2D eigenvalue weighted by molar-refractivity contribution is 14.1. The third kappa shape index (κ3) is 2.49. The van der Waals surface area contributed by atoms with Crippen molar-refractivity contribution in [1.82, 2.24) is 4.98 Å². The van der Waals surface area contributed by atoms with Gasteiger partial charge in [0.25, 0.3) is 0 Å². The van der Waals surface area contributed by atoms with Gasteiger partial charge in [-0.25, -0.2) is 9.37 Å². The van der Waals surface area contributed by atoms with Gasteiger partial charge in [-0.15, -0.1) is 22.9 Å². The molecule has 1 nitrogen and oxygen atoms in total. The lowest BCUT2D eigenvalue weighted by Crippen LogP contribution is -1.83. The minimum atomic E-state index is -0.239. The van der Waals surface area contributed by atoms with E-state index in [1.165, 1.54) is 23.5 Å². The third-order valence-corrected chi connectivity index (χ3v) is 3.97. The Bertz CT molecular complexity index is 486. The second kappa shape index (κ2) is 4.76. The first-order valence-corrected chi connectivity index (χ1v) is 6.61. The zero-order chi connectivity index (χ0) is 10.8. The Morgan fingerprint density at radius 2 is 2.27 bits per heavy atom. The van der Waals surface area contributed by atoms with E-state index in [1.54, 1.807) is 6.07 Å². The second-order valence-corrected chi connectivity index (χ2v) is 5.91. The van der Waals surface area contributed by atoms with Crippen LogP contribution >= 0.6 is 45.5 Å². The van der Waals surface area contributed by atoms with Gasteiger partial charge in [-0.1, -0.05) is 12.1 Å². The molecule has 0 saturated carbocycles. The molecule has 0 unspecified atom stereocenters. The van der Waals surface area contributed by atoms with Gasteiger partial charge in [-0.05, 0) is 40.3 Å². The number of halogens is 3. The highest BCUT2D eigenvalue weighted by Crippen LogP contribution is 2.32. The molecule has 0 fully saturated rings. The van der Waals surface area contributed by atoms with Crippen LogP contribution in [0.25, 0.3) is 10.4 Å². The van der Waals surface area contributed by atoms with E-state index in [1.807, 2.05) is 6.07 Å². The van der Waals surface area contributed by atoms with Crippen LogP contribution in [0.15, 0.2) is 24.3 Å². The van der Waals surface area contributed by atoms with Crippen LogP contribution in [-0.4, -0.2) is 4.98 Å². The lowest BCUT2D eigenvalue weighted by Gasteiger charge is -1.99. The molecule has 0 aliphatic carbocycles. The van der Waals surface area contributed by atoms with E-state index < -0.39 is 0 Å². The van der Waals surface area contributed by atoms with Crippen molar-refractivity contribution in [3.63, 3.8) is 0 Å². The Kier molecular flexibility index (Phi) is 3.58. The van der Waals surface area contributed by atoms with Gasteiger partial charge < -0.3 is 0 Å². The standard InChI is InChI=1S/C10H6ClFINS/c11-5-8-9(15-10(13)14-8)6-2-1-3-7(12)4-6/h1-4H,5H2. The number of hydrogen-bond donors (Lipinski definition) is 0. The molecule has 0 aliphatic heterocycles. The van der Waals surface area contributed by atoms with E-state index in [0.717, 1.165) is 19.1 Å². The van der Waals surface area contributed by atoms with Crippen LogP contribution in [0.4, 0.5) is 4.39 Å². The van der Waals surface area contributed by atoms with Crippen molar-refractivity contribution in [2.75, 3.05) is 0 Å². The number of hydrogen-bond acceptors (Lipinski definition) is 2. The van der Waals surface area contributed by atoms with Crippen molar-refractivity contribution < 1.29 is 4.39 Å². The molecule has 0 amide bonds. The number of aromatic nitrogens is 1. The fourth-order valence-electron chi connectivity index (χ4n) is 1.27. The van der Waals surface area contributed by atoms with E-state index >= 15 is 0 Å². The van der Waals surface area contributed by atoms with Crippen LogP contribution in [0.1, 0.15) is 5.69 Å². The summed E-state index contributed by atoms with van der Waals surface area (Å²) in [5.41, 5.74) is 1.66. The molecule has 0 bridgehead atoms. The summed E-state index contributed by atoms with van der Waals surface area (Å²) in [6, 6.07) is 6.48. The number of benzene rings is 1. The molecule has 0 spiro atoms. The lowest BCUT2D eigenvalue weighted by molar-refractivity contribution is 0.628. The molecule has 1 aromatic carbocycles. The van der Waals surface area contributed by atoms with Gasteiger partial charge in [0, 0.05) is 0 Å². The van der Waals surface area contributed by atoms with Crippen molar-refractivity contribution >= 4 is 45.5 Å². The largest absolute Gasteiger partial charge is 0.233 e. The average Bonchev–Trinajstić information content (AvgIpc) is 2.59. The fraction of sp³-hybridized carbons (Fsp3) is 0.100. The van der Waals surface area contributed by atoms with Crippen LogP contribution in [0.2, 0.25) is 0 Å². The quantitative estimate of drug-likeness (QED) is 0.580. The van der Waals surface area contributed by atoms with E-state index in [4.69, 9.17) is 11.6 Å². The van der Waals surface area contributed by atoms with Crippen LogP contribution in [0.3, 0.4) is 0 Å². The Morgan fingerprint density at radius 3 is 2.93 bits per heavy atom. The van der Waals surface area contributed by atoms with E-state index in [0.29, 0.717) is 5.88 Å². The fourth-order valence-corrected chi connectivity index (χ4v) is 3.30. The van der Waals surface area contributed by atoms with Crippen LogP contribution in [0, 0.1) is 8.83 Å². The van der Waals surface area contributed by atoms with Crippen LogP contribution < -0.4 is 0 Å². The monoisotopic (exact) mass is 353 g/mol. The number of thiazole rings is 1. The Labute approximate surface area is 109 Å². The van der Waals surface area contributed by atoms with Crippen LogP contribution in [0.5, 0.6) is 0 Å². The lowest BCUT2D eigenvalue weighted by atomic mass is 10.1. The van der Waals surface area contributed by atoms with E-state index in [9.17, 15) is 4.39 Å². The summed E-state index contributed by atoms with van der Waals surface area (Å²) in [7, 11) is 0. The normalized spacial score (nSPS) is 10.6. The molecule has 1 aromatic heterocycles. The maximum absolute atomic E-state index is 13.0. The smallest absolute Gasteiger partial charge is 0.154 e. The van der Waals surface area contributed by atoms with Crippen molar-refractivity contribution in [2.45, 2.75) is 5.88 Å². The van der Waals surface area contributed by atoms with Crippen molar-refractivity contribution in [3.8, 4) is 10.4 Å². The van der Waals surface area contributed by atoms with E-state index in [-0.39, 0.29) is 5.82 Å². The number of alkyl halides is 1. The minimum Gasteiger partial charge on any atom is -0.233 e. The first kappa shape index (κ1) is 11.3. The Morgan fingerprint density at radius 1 is 1.47 bits per heavy atom. The number of rotatable bonds is 2. The minimum absolute atomic E-state index is 0.239. The molecule has 0 radical (unpaired) electrons. The van der Waals surface area contributed by atoms with Crippen molar-refractivity contribution in [3.05, 3.63) is 38.8 Å². The zero-order valence-corrected chi connectivity index (χ0v) is 11.2. The summed E-state index contributed by atoms with van der Waals surface area (Å²) in [5.74, 6) is 0.113. The van der Waals surface area contributed by atoms with Gasteiger partial charge in [-0.2, -0.15) is 0 Å². The molecule has 2 aromatic rings. The first-order valence-electron chi connectivity index (χ1n) is 4.18. The summed E-state index contributed by atoms with van der Waals surface area (Å²) in [6.45, 7) is 0. The molecule has 1 heterocycles. The Hall–Kier alpha value is -0.200. The van der Waals surface area contributed by atoms with Crippen molar-refractivity contribution in [2.24, 2.45) is 0 Å². The van der Waals surface area contributed by atoms with Crippen molar-refractivity contribution in [1.29, 1.82) is 0 Å². The third-order valence-electron chi connectivity index (χ3n) is 1.88. The van der Waals surface area contributed by atoms with Gasteiger partial charge in [0.05, 0.1) is 16.5 Å². The molecule has 78 valence electrons. The molecule has 0 atom stereocenters. The maximum atomic E-state index is 13.0. The van der Waals surface area contributed by atoms with Gasteiger partial charge in [-0.3, -0.25) is 0 Å². The summed E-state index contributed by atoms with van der Waals surface area (Å²) in [4.78, 5) is 5.24. The second-order valence-electron chi connectivity index (χ2n) is 2.89. The average molecular weight is 354 g/mol. The molecule has 0 saturated heterocycles. The molecule has 2 rings (SSSR count).